The predicted molar refractivity (Wildman–Crippen MR) is 100 cm³/mol. The van der Waals surface area contributed by atoms with Gasteiger partial charge in [0.1, 0.15) is 5.82 Å². The fourth-order valence-corrected chi connectivity index (χ4v) is 3.22. The number of amides is 2. The average molecular weight is 342 g/mol. The van der Waals surface area contributed by atoms with Crippen molar-refractivity contribution in [3.63, 3.8) is 0 Å². The molecule has 2 aromatic rings. The second-order valence-electron chi connectivity index (χ2n) is 6.76. The number of nitrogens with zero attached hydrogens (tertiary/aromatic N) is 4. The second kappa shape index (κ2) is 7.13. The minimum absolute atomic E-state index is 0.250. The van der Waals surface area contributed by atoms with Crippen LogP contribution in [0.4, 0.5) is 22.0 Å². The molecule has 134 valence electrons. The number of nitrogens with one attached hydrogen (secondary N) is 2. The fraction of sp³-hybridized carbons (Fsp3) is 0.500. The fourth-order valence-electron chi connectivity index (χ4n) is 3.22. The van der Waals surface area contributed by atoms with Crippen LogP contribution in [0.1, 0.15) is 44.1 Å². The molecule has 1 aliphatic heterocycles. The number of hydrogen-bond donors (Lipinski definition) is 2. The van der Waals surface area contributed by atoms with Crippen molar-refractivity contribution < 1.29 is 4.79 Å². The highest BCUT2D eigenvalue weighted by Gasteiger charge is 2.16. The van der Waals surface area contributed by atoms with Gasteiger partial charge in [0.25, 0.3) is 0 Å². The van der Waals surface area contributed by atoms with Gasteiger partial charge >= 0.3 is 6.03 Å². The highest BCUT2D eigenvalue weighted by molar-refractivity contribution is 6.00. The number of urea groups is 1. The molecule has 1 saturated heterocycles. The van der Waals surface area contributed by atoms with Gasteiger partial charge in [-0.15, -0.1) is 0 Å². The maximum atomic E-state index is 12.3. The van der Waals surface area contributed by atoms with E-state index in [2.05, 4.69) is 39.5 Å². The molecule has 0 bridgehead atoms. The molecular formula is C18H26N6O. The van der Waals surface area contributed by atoms with Crippen molar-refractivity contribution in [1.82, 2.24) is 14.8 Å². The molecule has 1 fully saturated rings. The Labute approximate surface area is 148 Å². The summed E-state index contributed by atoms with van der Waals surface area (Å²) in [4.78, 5) is 19.0. The summed E-state index contributed by atoms with van der Waals surface area (Å²) in [5.41, 5.74) is 3.19. The first-order valence-electron chi connectivity index (χ1n) is 8.80. The zero-order chi connectivity index (χ0) is 18.0. The van der Waals surface area contributed by atoms with E-state index in [1.54, 1.807) is 6.20 Å². The van der Waals surface area contributed by atoms with Crippen LogP contribution in [-0.4, -0.2) is 33.9 Å². The van der Waals surface area contributed by atoms with Crippen LogP contribution in [0.5, 0.6) is 0 Å². The van der Waals surface area contributed by atoms with Crippen molar-refractivity contribution in [3.8, 4) is 0 Å². The maximum Gasteiger partial charge on any atom is 0.323 e. The SMILES string of the molecule is Cc1nn(C(C)C)c(C)c1NC(=O)Nc1ccc(N2CCCC2)nc1. The highest BCUT2D eigenvalue weighted by atomic mass is 16.2. The van der Waals surface area contributed by atoms with Crippen molar-refractivity contribution in [3.05, 3.63) is 29.7 Å². The molecule has 0 unspecified atom stereocenters. The minimum atomic E-state index is -0.287. The van der Waals surface area contributed by atoms with Crippen LogP contribution in [0.3, 0.4) is 0 Å². The van der Waals surface area contributed by atoms with Gasteiger partial charge in [0.15, 0.2) is 0 Å². The smallest absolute Gasteiger partial charge is 0.323 e. The van der Waals surface area contributed by atoms with E-state index in [-0.39, 0.29) is 12.1 Å². The molecule has 0 atom stereocenters. The zero-order valence-electron chi connectivity index (χ0n) is 15.3. The molecule has 0 aliphatic carbocycles. The molecule has 2 aromatic heterocycles. The van der Waals surface area contributed by atoms with Gasteiger partial charge in [-0.25, -0.2) is 9.78 Å². The summed E-state index contributed by atoms with van der Waals surface area (Å²) in [7, 11) is 0. The number of carbonyl (C=O) groups is 1. The van der Waals surface area contributed by atoms with E-state index < -0.39 is 0 Å². The Balaban J connectivity index is 1.65. The monoisotopic (exact) mass is 342 g/mol. The first-order chi connectivity index (χ1) is 12.0. The largest absolute Gasteiger partial charge is 0.357 e. The summed E-state index contributed by atoms with van der Waals surface area (Å²) < 4.78 is 1.91. The summed E-state index contributed by atoms with van der Waals surface area (Å²) in [6.07, 6.45) is 4.13. The minimum Gasteiger partial charge on any atom is -0.357 e. The van der Waals surface area contributed by atoms with Crippen LogP contribution in [0, 0.1) is 13.8 Å². The van der Waals surface area contributed by atoms with Crippen LogP contribution >= 0.6 is 0 Å². The third-order valence-corrected chi connectivity index (χ3v) is 4.49. The first-order valence-corrected chi connectivity index (χ1v) is 8.80. The van der Waals surface area contributed by atoms with Crippen molar-refractivity contribution in [2.24, 2.45) is 0 Å². The lowest BCUT2D eigenvalue weighted by Gasteiger charge is -2.16. The number of pyridine rings is 1. The molecule has 0 aromatic carbocycles. The van der Waals surface area contributed by atoms with E-state index in [0.717, 1.165) is 36.0 Å². The average Bonchev–Trinajstić information content (AvgIpc) is 3.20. The number of carbonyl (C=O) groups excluding carboxylic acids is 1. The van der Waals surface area contributed by atoms with E-state index in [9.17, 15) is 4.79 Å². The van der Waals surface area contributed by atoms with Gasteiger partial charge in [-0.05, 0) is 52.7 Å². The lowest BCUT2D eigenvalue weighted by atomic mass is 10.3. The van der Waals surface area contributed by atoms with Gasteiger partial charge in [-0.1, -0.05) is 0 Å². The highest BCUT2D eigenvalue weighted by Crippen LogP contribution is 2.23. The standard InChI is InChI=1S/C18H26N6O/c1-12(2)24-14(4)17(13(3)22-24)21-18(25)20-15-7-8-16(19-11-15)23-9-5-6-10-23/h7-8,11-12H,5-6,9-10H2,1-4H3,(H2,20,21,25). The summed E-state index contributed by atoms with van der Waals surface area (Å²) in [5, 5.41) is 10.2. The third kappa shape index (κ3) is 3.75. The zero-order valence-corrected chi connectivity index (χ0v) is 15.3. The molecule has 0 spiro atoms. The number of aryl methyl sites for hydroxylation is 1. The molecule has 1 aliphatic rings. The summed E-state index contributed by atoms with van der Waals surface area (Å²) in [6, 6.07) is 3.80. The number of anilines is 3. The lowest BCUT2D eigenvalue weighted by molar-refractivity contribution is 0.262. The quantitative estimate of drug-likeness (QED) is 0.888. The normalized spacial score (nSPS) is 14.2. The Morgan fingerprint density at radius 1 is 1.16 bits per heavy atom. The third-order valence-electron chi connectivity index (χ3n) is 4.49. The topological polar surface area (TPSA) is 75.1 Å². The molecular weight excluding hydrogens is 316 g/mol. The van der Waals surface area contributed by atoms with Crippen molar-refractivity contribution in [1.29, 1.82) is 0 Å². The molecule has 3 heterocycles. The van der Waals surface area contributed by atoms with E-state index in [0.29, 0.717) is 5.69 Å². The summed E-state index contributed by atoms with van der Waals surface area (Å²) in [6.45, 7) is 10.1. The van der Waals surface area contributed by atoms with Gasteiger partial charge in [0.2, 0.25) is 0 Å². The first kappa shape index (κ1) is 17.3. The molecule has 2 N–H and O–H groups in total. The molecule has 25 heavy (non-hydrogen) atoms. The predicted octanol–water partition coefficient (Wildman–Crippen LogP) is 3.72. The van der Waals surface area contributed by atoms with Crippen LogP contribution in [0.15, 0.2) is 18.3 Å². The molecule has 0 radical (unpaired) electrons. The van der Waals surface area contributed by atoms with Gasteiger partial charge in [-0.2, -0.15) is 5.10 Å². The molecule has 2 amide bonds. The van der Waals surface area contributed by atoms with E-state index in [1.807, 2.05) is 30.7 Å². The lowest BCUT2D eigenvalue weighted by Crippen LogP contribution is -2.21. The Morgan fingerprint density at radius 3 is 2.44 bits per heavy atom. The van der Waals surface area contributed by atoms with Crippen molar-refractivity contribution >= 4 is 23.2 Å². The molecule has 3 rings (SSSR count). The van der Waals surface area contributed by atoms with Gasteiger partial charge in [0.05, 0.1) is 29.0 Å². The maximum absolute atomic E-state index is 12.3. The van der Waals surface area contributed by atoms with Gasteiger partial charge in [-0.3, -0.25) is 4.68 Å². The number of hydrogen-bond acceptors (Lipinski definition) is 4. The molecule has 7 heteroatoms. The van der Waals surface area contributed by atoms with E-state index in [4.69, 9.17) is 0 Å². The summed E-state index contributed by atoms with van der Waals surface area (Å²) >= 11 is 0. The molecule has 7 nitrogen and oxygen atoms in total. The van der Waals surface area contributed by atoms with Gasteiger partial charge < -0.3 is 15.5 Å². The van der Waals surface area contributed by atoms with Crippen LogP contribution in [0.2, 0.25) is 0 Å². The number of rotatable bonds is 4. The summed E-state index contributed by atoms with van der Waals surface area (Å²) in [5.74, 6) is 0.966. The second-order valence-corrected chi connectivity index (χ2v) is 6.76. The van der Waals surface area contributed by atoms with Crippen molar-refractivity contribution in [2.45, 2.75) is 46.6 Å². The van der Waals surface area contributed by atoms with Crippen molar-refractivity contribution in [2.75, 3.05) is 28.6 Å². The molecule has 0 saturated carbocycles. The Hall–Kier alpha value is -2.57. The van der Waals surface area contributed by atoms with Crippen LogP contribution in [-0.2, 0) is 0 Å². The Morgan fingerprint density at radius 2 is 1.88 bits per heavy atom. The van der Waals surface area contributed by atoms with Crippen LogP contribution in [0.25, 0.3) is 0 Å². The Bertz CT molecular complexity index is 744. The van der Waals surface area contributed by atoms with E-state index >= 15 is 0 Å². The number of aromatic nitrogens is 3. The Kier molecular flexibility index (Phi) is 4.92. The van der Waals surface area contributed by atoms with Crippen LogP contribution < -0.4 is 15.5 Å². The van der Waals surface area contributed by atoms with Gasteiger partial charge in [0, 0.05) is 19.1 Å². The van der Waals surface area contributed by atoms with E-state index in [1.165, 1.54) is 12.8 Å².